The molecule has 1 fully saturated rings. The van der Waals surface area contributed by atoms with Gasteiger partial charge in [0.15, 0.2) is 0 Å². The summed E-state index contributed by atoms with van der Waals surface area (Å²) in [6.45, 7) is 7.89. The minimum absolute atomic E-state index is 0.0319. The fraction of sp³-hybridized carbons (Fsp3) is 0.296. The molecule has 3 aromatic rings. The maximum absolute atomic E-state index is 13.4. The van der Waals surface area contributed by atoms with Crippen molar-refractivity contribution in [1.29, 1.82) is 0 Å². The molecule has 36 heavy (non-hydrogen) atoms. The Bertz CT molecular complexity index is 1330. The van der Waals surface area contributed by atoms with Crippen LogP contribution in [0.5, 0.6) is 0 Å². The smallest absolute Gasteiger partial charge is 0.263 e. The summed E-state index contributed by atoms with van der Waals surface area (Å²) in [5.74, 6) is -0.0512. The van der Waals surface area contributed by atoms with Crippen molar-refractivity contribution in [3.05, 3.63) is 92.9 Å². The fourth-order valence-electron chi connectivity index (χ4n) is 4.60. The van der Waals surface area contributed by atoms with Crippen LogP contribution in [0.3, 0.4) is 0 Å². The molecule has 9 heteroatoms. The van der Waals surface area contributed by atoms with Crippen molar-refractivity contribution in [1.82, 2.24) is 9.80 Å². The Hall–Kier alpha value is -2.20. The highest BCUT2D eigenvalue weighted by atomic mass is 79.9. The number of nitrogens with one attached hydrogen (secondary N) is 1. The average Bonchev–Trinajstić information content (AvgIpc) is 2.86. The van der Waals surface area contributed by atoms with Gasteiger partial charge in [0.05, 0.1) is 0 Å². The third-order valence-electron chi connectivity index (χ3n) is 6.78. The number of sulfonamides is 1. The van der Waals surface area contributed by atoms with Gasteiger partial charge in [-0.15, -0.1) is 0 Å². The molecular formula is C27H29Br2N3O3S. The molecule has 1 aliphatic rings. The first-order valence-corrected chi connectivity index (χ1v) is 14.8. The second-order valence-corrected chi connectivity index (χ2v) is 12.6. The monoisotopic (exact) mass is 633 g/mol. The zero-order valence-electron chi connectivity index (χ0n) is 20.4. The SMILES string of the molecule is CC1C(C)N(Cc2ccccc2)C(C)CN1C(=O)c1ccc(NS(=O)(=O)c2cc(Br)ccc2Br)cc1. The summed E-state index contributed by atoms with van der Waals surface area (Å²) in [5, 5.41) is 0. The Labute approximate surface area is 230 Å². The van der Waals surface area contributed by atoms with Crippen LogP contribution in [0.25, 0.3) is 0 Å². The molecule has 1 amide bonds. The first-order chi connectivity index (χ1) is 17.1. The summed E-state index contributed by atoms with van der Waals surface area (Å²) in [5.41, 5.74) is 2.18. The number of halogens is 2. The number of rotatable bonds is 6. The molecule has 0 aromatic heterocycles. The van der Waals surface area contributed by atoms with Gasteiger partial charge in [0.1, 0.15) is 4.90 Å². The highest BCUT2D eigenvalue weighted by Gasteiger charge is 2.37. The van der Waals surface area contributed by atoms with Crippen LogP contribution in [0.4, 0.5) is 5.69 Å². The van der Waals surface area contributed by atoms with E-state index in [2.05, 4.69) is 86.5 Å². The minimum atomic E-state index is -3.80. The normalized spacial score (nSPS) is 20.8. The predicted molar refractivity (Wildman–Crippen MR) is 150 cm³/mol. The number of benzene rings is 3. The lowest BCUT2D eigenvalue weighted by Gasteiger charge is -2.49. The van der Waals surface area contributed by atoms with Crippen molar-refractivity contribution < 1.29 is 13.2 Å². The number of piperazine rings is 1. The molecule has 0 radical (unpaired) electrons. The van der Waals surface area contributed by atoms with Crippen LogP contribution in [0, 0.1) is 0 Å². The van der Waals surface area contributed by atoms with E-state index in [1.165, 1.54) is 11.6 Å². The van der Waals surface area contributed by atoms with Crippen LogP contribution in [-0.2, 0) is 16.6 Å². The van der Waals surface area contributed by atoms with Gasteiger partial charge in [0.25, 0.3) is 15.9 Å². The second-order valence-electron chi connectivity index (χ2n) is 9.20. The largest absolute Gasteiger partial charge is 0.333 e. The van der Waals surface area contributed by atoms with Crippen LogP contribution in [-0.4, -0.2) is 48.8 Å². The number of carbonyl (C=O) groups excluding carboxylic acids is 1. The molecule has 3 aromatic carbocycles. The molecule has 4 rings (SSSR count). The molecular weight excluding hydrogens is 606 g/mol. The lowest BCUT2D eigenvalue weighted by molar-refractivity contribution is -0.00151. The molecule has 6 nitrogen and oxygen atoms in total. The summed E-state index contributed by atoms with van der Waals surface area (Å²) in [6.07, 6.45) is 0. The molecule has 190 valence electrons. The van der Waals surface area contributed by atoms with E-state index >= 15 is 0 Å². The van der Waals surface area contributed by atoms with Gasteiger partial charge in [-0.25, -0.2) is 8.42 Å². The zero-order valence-corrected chi connectivity index (χ0v) is 24.3. The van der Waals surface area contributed by atoms with E-state index in [4.69, 9.17) is 0 Å². The number of amides is 1. The van der Waals surface area contributed by atoms with Crippen molar-refractivity contribution in [2.45, 2.75) is 50.3 Å². The Morgan fingerprint density at radius 2 is 1.61 bits per heavy atom. The fourth-order valence-corrected chi connectivity index (χ4v) is 7.16. The number of hydrogen-bond acceptors (Lipinski definition) is 4. The number of nitrogens with zero attached hydrogens (tertiary/aromatic N) is 2. The number of carbonyl (C=O) groups is 1. The van der Waals surface area contributed by atoms with Crippen LogP contribution in [0.15, 0.2) is 86.6 Å². The highest BCUT2D eigenvalue weighted by molar-refractivity contribution is 9.11. The Balaban J connectivity index is 1.46. The molecule has 3 atom stereocenters. The van der Waals surface area contributed by atoms with Crippen molar-refractivity contribution in [2.75, 3.05) is 11.3 Å². The van der Waals surface area contributed by atoms with E-state index in [1.807, 2.05) is 11.0 Å². The van der Waals surface area contributed by atoms with Gasteiger partial charge >= 0.3 is 0 Å². The Morgan fingerprint density at radius 3 is 2.28 bits per heavy atom. The summed E-state index contributed by atoms with van der Waals surface area (Å²) in [4.78, 5) is 17.9. The molecule has 0 saturated carbocycles. The van der Waals surface area contributed by atoms with Crippen LogP contribution < -0.4 is 4.72 Å². The zero-order chi connectivity index (χ0) is 26.0. The van der Waals surface area contributed by atoms with Gasteiger partial charge in [-0.3, -0.25) is 14.4 Å². The van der Waals surface area contributed by atoms with Gasteiger partial charge in [-0.2, -0.15) is 0 Å². The van der Waals surface area contributed by atoms with Crippen LogP contribution in [0.1, 0.15) is 36.7 Å². The van der Waals surface area contributed by atoms with Crippen molar-refractivity contribution >= 4 is 53.5 Å². The van der Waals surface area contributed by atoms with E-state index in [1.54, 1.807) is 36.4 Å². The molecule has 1 heterocycles. The maximum Gasteiger partial charge on any atom is 0.263 e. The van der Waals surface area contributed by atoms with E-state index in [9.17, 15) is 13.2 Å². The molecule has 1 aliphatic heterocycles. The summed E-state index contributed by atoms with van der Waals surface area (Å²) < 4.78 is 29.5. The van der Waals surface area contributed by atoms with Gasteiger partial charge < -0.3 is 4.90 Å². The van der Waals surface area contributed by atoms with Gasteiger partial charge in [-0.1, -0.05) is 46.3 Å². The van der Waals surface area contributed by atoms with E-state index in [-0.39, 0.29) is 28.9 Å². The molecule has 0 spiro atoms. The quantitative estimate of drug-likeness (QED) is 0.354. The third-order valence-corrected chi connectivity index (χ3v) is 9.64. The van der Waals surface area contributed by atoms with Gasteiger partial charge in [0, 0.05) is 51.4 Å². The lowest BCUT2D eigenvalue weighted by Crippen LogP contribution is -2.62. The Kier molecular flexibility index (Phi) is 8.24. The van der Waals surface area contributed by atoms with E-state index < -0.39 is 10.0 Å². The van der Waals surface area contributed by atoms with Gasteiger partial charge in [0.2, 0.25) is 0 Å². The van der Waals surface area contributed by atoms with E-state index in [0.717, 1.165) is 6.54 Å². The summed E-state index contributed by atoms with van der Waals surface area (Å²) in [6, 6.07) is 22.4. The number of anilines is 1. The van der Waals surface area contributed by atoms with Crippen LogP contribution >= 0.6 is 31.9 Å². The van der Waals surface area contributed by atoms with Crippen LogP contribution in [0.2, 0.25) is 0 Å². The van der Waals surface area contributed by atoms with Crippen molar-refractivity contribution in [2.24, 2.45) is 0 Å². The molecule has 0 bridgehead atoms. The predicted octanol–water partition coefficient (Wildman–Crippen LogP) is 6.14. The second kappa shape index (κ2) is 11.0. The number of hydrogen-bond donors (Lipinski definition) is 1. The first-order valence-electron chi connectivity index (χ1n) is 11.8. The van der Waals surface area contributed by atoms with Crippen molar-refractivity contribution in [3.63, 3.8) is 0 Å². The molecule has 1 N–H and O–H groups in total. The average molecular weight is 635 g/mol. The molecule has 1 saturated heterocycles. The minimum Gasteiger partial charge on any atom is -0.333 e. The third kappa shape index (κ3) is 5.85. The van der Waals surface area contributed by atoms with E-state index in [0.29, 0.717) is 26.7 Å². The molecule has 3 unspecified atom stereocenters. The lowest BCUT2D eigenvalue weighted by atomic mass is 9.98. The molecule has 0 aliphatic carbocycles. The van der Waals surface area contributed by atoms with Gasteiger partial charge in [-0.05, 0) is 84.7 Å². The summed E-state index contributed by atoms with van der Waals surface area (Å²) in [7, 11) is -3.80. The van der Waals surface area contributed by atoms with Crippen molar-refractivity contribution in [3.8, 4) is 0 Å². The first kappa shape index (κ1) is 26.9. The summed E-state index contributed by atoms with van der Waals surface area (Å²) >= 11 is 6.61. The maximum atomic E-state index is 13.4. The standard InChI is InChI=1S/C27H29Br2N3O3S/c1-18-16-32(20(3)19(2)31(18)17-21-7-5-4-6-8-21)27(33)22-9-12-24(13-10-22)30-36(34,35)26-15-23(28)11-14-25(26)29/h4-15,18-20,30H,16-17H2,1-3H3. The topological polar surface area (TPSA) is 69.7 Å². The Morgan fingerprint density at radius 1 is 0.944 bits per heavy atom. The highest BCUT2D eigenvalue weighted by Crippen LogP contribution is 2.29.